The molecule has 114 valence electrons. The fourth-order valence-corrected chi connectivity index (χ4v) is 1.93. The molecule has 6 nitrogen and oxygen atoms in total. The molecular weight excluding hydrogens is 360 g/mol. The van der Waals surface area contributed by atoms with E-state index in [0.717, 1.165) is 4.47 Å². The van der Waals surface area contributed by atoms with Crippen LogP contribution in [0.2, 0.25) is 0 Å². The Labute approximate surface area is 142 Å². The monoisotopic (exact) mass is 370 g/mol. The second-order valence-corrected chi connectivity index (χ2v) is 4.94. The summed E-state index contributed by atoms with van der Waals surface area (Å²) in [6, 6.07) is 10.2. The average Bonchev–Trinajstić information content (AvgIpc) is 2.54. The molecule has 0 radical (unpaired) electrons. The molecule has 0 saturated heterocycles. The summed E-state index contributed by atoms with van der Waals surface area (Å²) in [5.74, 6) is -0.496. The molecular formula is C16H11BrN4O2. The molecule has 0 atom stereocenters. The lowest BCUT2D eigenvalue weighted by Crippen LogP contribution is -2.03. The largest absolute Gasteiger partial charge is 0.463 e. The van der Waals surface area contributed by atoms with Gasteiger partial charge in [-0.3, -0.25) is 0 Å². The van der Waals surface area contributed by atoms with E-state index in [1.54, 1.807) is 43.3 Å². The molecule has 0 aromatic heterocycles. The van der Waals surface area contributed by atoms with E-state index in [1.165, 1.54) is 12.2 Å². The number of hydrogen-bond donors (Lipinski definition) is 1. The van der Waals surface area contributed by atoms with Crippen LogP contribution in [0.5, 0.6) is 0 Å². The van der Waals surface area contributed by atoms with Gasteiger partial charge < -0.3 is 10.1 Å². The summed E-state index contributed by atoms with van der Waals surface area (Å²) in [5, 5.41) is 29.5. The van der Waals surface area contributed by atoms with Crippen molar-refractivity contribution in [1.29, 1.82) is 15.8 Å². The van der Waals surface area contributed by atoms with E-state index in [9.17, 15) is 4.79 Å². The summed E-state index contributed by atoms with van der Waals surface area (Å²) in [5.41, 5.74) is 0.558. The molecule has 1 rings (SSSR count). The second-order valence-electron chi connectivity index (χ2n) is 4.03. The zero-order chi connectivity index (χ0) is 17.2. The van der Waals surface area contributed by atoms with Crippen LogP contribution in [0.4, 0.5) is 5.69 Å². The van der Waals surface area contributed by atoms with Gasteiger partial charge in [0.2, 0.25) is 0 Å². The molecule has 0 spiro atoms. The number of allylic oxidation sites excluding steroid dienone is 2. The fourth-order valence-electron chi connectivity index (χ4n) is 1.55. The molecule has 0 bridgehead atoms. The molecule has 1 N–H and O–H groups in total. The van der Waals surface area contributed by atoms with Crippen molar-refractivity contribution < 1.29 is 9.53 Å². The Morgan fingerprint density at radius 2 is 2.00 bits per heavy atom. The number of nitrogens with zero attached hydrogens (tertiary/aromatic N) is 3. The molecule has 1 aromatic rings. The van der Waals surface area contributed by atoms with Crippen molar-refractivity contribution in [3.63, 3.8) is 0 Å². The first-order valence-corrected chi connectivity index (χ1v) is 7.21. The third-order valence-electron chi connectivity index (χ3n) is 2.54. The Morgan fingerprint density at radius 1 is 1.30 bits per heavy atom. The van der Waals surface area contributed by atoms with Crippen LogP contribution in [0.3, 0.4) is 0 Å². The number of rotatable bonds is 5. The van der Waals surface area contributed by atoms with Gasteiger partial charge in [-0.1, -0.05) is 15.9 Å². The number of esters is 1. The molecule has 0 fully saturated rings. The van der Waals surface area contributed by atoms with Gasteiger partial charge >= 0.3 is 5.97 Å². The van der Waals surface area contributed by atoms with E-state index in [-0.39, 0.29) is 17.9 Å². The van der Waals surface area contributed by atoms with Crippen LogP contribution in [0.25, 0.3) is 6.08 Å². The maximum absolute atomic E-state index is 11.4. The third-order valence-corrected chi connectivity index (χ3v) is 3.04. The molecule has 0 aliphatic heterocycles. The topological polar surface area (TPSA) is 110 Å². The third kappa shape index (κ3) is 5.32. The lowest BCUT2D eigenvalue weighted by Gasteiger charge is -2.09. The molecule has 23 heavy (non-hydrogen) atoms. The van der Waals surface area contributed by atoms with Crippen LogP contribution >= 0.6 is 15.9 Å². The van der Waals surface area contributed by atoms with Gasteiger partial charge in [-0.05, 0) is 36.8 Å². The minimum atomic E-state index is -0.496. The number of benzene rings is 1. The summed E-state index contributed by atoms with van der Waals surface area (Å²) in [4.78, 5) is 11.4. The number of nitrogens with one attached hydrogen (secondary N) is 1. The van der Waals surface area contributed by atoms with Crippen molar-refractivity contribution in [3.8, 4) is 18.2 Å². The molecule has 0 amide bonds. The summed E-state index contributed by atoms with van der Waals surface area (Å²) >= 11 is 3.31. The highest BCUT2D eigenvalue weighted by molar-refractivity contribution is 9.10. The first-order chi connectivity index (χ1) is 11.0. The highest BCUT2D eigenvalue weighted by Crippen LogP contribution is 2.24. The van der Waals surface area contributed by atoms with Gasteiger partial charge in [0.15, 0.2) is 5.57 Å². The number of carbonyl (C=O) groups is 1. The van der Waals surface area contributed by atoms with Crippen molar-refractivity contribution >= 4 is 33.7 Å². The Bertz CT molecular complexity index is 776. The van der Waals surface area contributed by atoms with Gasteiger partial charge in [0.05, 0.1) is 6.61 Å². The van der Waals surface area contributed by atoms with Gasteiger partial charge in [0.1, 0.15) is 23.9 Å². The SMILES string of the molecule is CCOC(=O)C=Cc1cc(Br)ccc1NC(C#N)=C(C#N)C#N. The molecule has 0 unspecified atom stereocenters. The quantitative estimate of drug-likeness (QED) is 0.483. The maximum Gasteiger partial charge on any atom is 0.330 e. The Kier molecular flexibility index (Phi) is 7.07. The van der Waals surface area contributed by atoms with Gasteiger partial charge in [0.25, 0.3) is 0 Å². The highest BCUT2D eigenvalue weighted by atomic mass is 79.9. The minimum absolute atomic E-state index is 0.164. The second kappa shape index (κ2) is 9.04. The molecule has 0 aliphatic rings. The lowest BCUT2D eigenvalue weighted by atomic mass is 10.1. The molecule has 0 saturated carbocycles. The molecule has 1 aromatic carbocycles. The predicted molar refractivity (Wildman–Crippen MR) is 87.3 cm³/mol. The molecule has 7 heteroatoms. The standard InChI is InChI=1S/C16H11BrN4O2/c1-2-23-16(22)6-3-11-7-13(17)4-5-14(11)21-15(10-20)12(8-18)9-19/h3-7,21H,2H2,1H3. The summed E-state index contributed by atoms with van der Waals surface area (Å²) < 4.78 is 5.56. The van der Waals surface area contributed by atoms with E-state index < -0.39 is 5.97 Å². The Balaban J connectivity index is 3.22. The van der Waals surface area contributed by atoms with E-state index in [1.807, 2.05) is 0 Å². The first-order valence-electron chi connectivity index (χ1n) is 6.41. The van der Waals surface area contributed by atoms with Crippen LogP contribution < -0.4 is 5.32 Å². The molecule has 0 heterocycles. The van der Waals surface area contributed by atoms with E-state index >= 15 is 0 Å². The Morgan fingerprint density at radius 3 is 2.57 bits per heavy atom. The van der Waals surface area contributed by atoms with Crippen LogP contribution in [-0.4, -0.2) is 12.6 Å². The minimum Gasteiger partial charge on any atom is -0.463 e. The summed E-state index contributed by atoms with van der Waals surface area (Å²) in [6.45, 7) is 1.97. The zero-order valence-electron chi connectivity index (χ0n) is 12.1. The number of hydrogen-bond acceptors (Lipinski definition) is 6. The van der Waals surface area contributed by atoms with Crippen LogP contribution in [-0.2, 0) is 9.53 Å². The Hall–Kier alpha value is -3.08. The number of halogens is 1. The van der Waals surface area contributed by atoms with Crippen molar-refractivity contribution in [2.75, 3.05) is 11.9 Å². The fraction of sp³-hybridized carbons (Fsp3) is 0.125. The first kappa shape index (κ1) is 18.0. The lowest BCUT2D eigenvalue weighted by molar-refractivity contribution is -0.137. The van der Waals surface area contributed by atoms with Crippen LogP contribution in [0.1, 0.15) is 12.5 Å². The van der Waals surface area contributed by atoms with Gasteiger partial charge in [-0.25, -0.2) is 4.79 Å². The highest BCUT2D eigenvalue weighted by Gasteiger charge is 2.09. The van der Waals surface area contributed by atoms with Crippen molar-refractivity contribution in [2.24, 2.45) is 0 Å². The number of anilines is 1. The van der Waals surface area contributed by atoms with E-state index in [0.29, 0.717) is 11.3 Å². The normalized spacial score (nSPS) is 9.35. The van der Waals surface area contributed by atoms with Crippen LogP contribution in [0.15, 0.2) is 40.0 Å². The number of ether oxygens (including phenoxy) is 1. The number of carbonyl (C=O) groups excluding carboxylic acids is 1. The summed E-state index contributed by atoms with van der Waals surface area (Å²) in [7, 11) is 0. The predicted octanol–water partition coefficient (Wildman–Crippen LogP) is 3.26. The smallest absolute Gasteiger partial charge is 0.330 e. The molecule has 0 aliphatic carbocycles. The van der Waals surface area contributed by atoms with E-state index in [4.69, 9.17) is 20.5 Å². The van der Waals surface area contributed by atoms with Gasteiger partial charge in [0, 0.05) is 16.2 Å². The van der Waals surface area contributed by atoms with Gasteiger partial charge in [-0.15, -0.1) is 0 Å². The van der Waals surface area contributed by atoms with Crippen molar-refractivity contribution in [2.45, 2.75) is 6.92 Å². The maximum atomic E-state index is 11.4. The summed E-state index contributed by atoms with van der Waals surface area (Å²) in [6.07, 6.45) is 2.76. The average molecular weight is 371 g/mol. The van der Waals surface area contributed by atoms with Crippen molar-refractivity contribution in [3.05, 3.63) is 45.6 Å². The number of nitriles is 3. The van der Waals surface area contributed by atoms with Gasteiger partial charge in [-0.2, -0.15) is 15.8 Å². The van der Waals surface area contributed by atoms with Crippen LogP contribution in [0, 0.1) is 34.0 Å². The zero-order valence-corrected chi connectivity index (χ0v) is 13.7. The van der Waals surface area contributed by atoms with Crippen molar-refractivity contribution in [1.82, 2.24) is 0 Å². The van der Waals surface area contributed by atoms with E-state index in [2.05, 4.69) is 21.2 Å².